The number of aldehydes is 1. The van der Waals surface area contributed by atoms with Crippen molar-refractivity contribution in [2.75, 3.05) is 26.7 Å². The Morgan fingerprint density at radius 3 is 2.17 bits per heavy atom. The summed E-state index contributed by atoms with van der Waals surface area (Å²) in [7, 11) is 1.58. The van der Waals surface area contributed by atoms with Crippen molar-refractivity contribution < 1.29 is 23.9 Å². The van der Waals surface area contributed by atoms with Crippen LogP contribution in [0.15, 0.2) is 0 Å². The predicted octanol–water partition coefficient (Wildman–Crippen LogP) is 2.68. The van der Waals surface area contributed by atoms with Gasteiger partial charge in [-0.1, -0.05) is 0 Å². The van der Waals surface area contributed by atoms with Crippen LogP contribution < -0.4 is 0 Å². The van der Waals surface area contributed by atoms with Gasteiger partial charge in [0.15, 0.2) is 0 Å². The molecule has 0 saturated carbocycles. The minimum atomic E-state index is -0.969. The van der Waals surface area contributed by atoms with E-state index in [1.54, 1.807) is 46.6 Å². The molecule has 1 aliphatic rings. The number of amides is 2. The SMILES string of the molecule is CCOC(=O)N1CCC(C(C)(C=O)N(C)C(=O)OC(C)(C)C)CC1. The molecule has 0 aliphatic carbocycles. The highest BCUT2D eigenvalue weighted by atomic mass is 16.6. The fraction of sp³-hybridized carbons (Fsp3) is 0.824. The highest BCUT2D eigenvalue weighted by Crippen LogP contribution is 2.32. The Morgan fingerprint density at radius 2 is 1.75 bits per heavy atom. The highest BCUT2D eigenvalue weighted by molar-refractivity contribution is 5.76. The third-order valence-electron chi connectivity index (χ3n) is 4.48. The Labute approximate surface area is 144 Å². The number of carbonyl (C=O) groups excluding carboxylic acids is 3. The number of rotatable bonds is 4. The third-order valence-corrected chi connectivity index (χ3v) is 4.48. The predicted molar refractivity (Wildman–Crippen MR) is 89.8 cm³/mol. The molecule has 0 radical (unpaired) electrons. The Balaban J connectivity index is 2.76. The molecule has 0 spiro atoms. The van der Waals surface area contributed by atoms with Crippen molar-refractivity contribution in [3.8, 4) is 0 Å². The summed E-state index contributed by atoms with van der Waals surface area (Å²) in [6.07, 6.45) is 1.21. The van der Waals surface area contributed by atoms with E-state index in [0.29, 0.717) is 32.5 Å². The largest absolute Gasteiger partial charge is 0.450 e. The van der Waals surface area contributed by atoms with Gasteiger partial charge in [-0.2, -0.15) is 0 Å². The van der Waals surface area contributed by atoms with Crippen molar-refractivity contribution in [2.24, 2.45) is 5.92 Å². The molecule has 7 nitrogen and oxygen atoms in total. The van der Waals surface area contributed by atoms with Crippen molar-refractivity contribution >= 4 is 18.5 Å². The quantitative estimate of drug-likeness (QED) is 0.734. The van der Waals surface area contributed by atoms with E-state index in [4.69, 9.17) is 9.47 Å². The molecule has 24 heavy (non-hydrogen) atoms. The van der Waals surface area contributed by atoms with Gasteiger partial charge in [0.2, 0.25) is 0 Å². The molecule has 138 valence electrons. The Bertz CT molecular complexity index is 466. The van der Waals surface area contributed by atoms with Gasteiger partial charge in [0.25, 0.3) is 0 Å². The van der Waals surface area contributed by atoms with Crippen LogP contribution in [0.4, 0.5) is 9.59 Å². The number of hydrogen-bond donors (Lipinski definition) is 0. The Hall–Kier alpha value is -1.79. The zero-order valence-electron chi connectivity index (χ0n) is 15.6. The van der Waals surface area contributed by atoms with E-state index in [1.807, 2.05) is 0 Å². The van der Waals surface area contributed by atoms with Gasteiger partial charge in [-0.3, -0.25) is 4.90 Å². The lowest BCUT2D eigenvalue weighted by atomic mass is 9.79. The molecule has 1 aliphatic heterocycles. The standard InChI is InChI=1S/C17H30N2O5/c1-7-23-15(22)19-10-8-13(9-11-19)17(5,12-20)18(6)14(21)24-16(2,3)4/h12-13H,7-11H2,1-6H3. The molecule has 0 aromatic carbocycles. The fourth-order valence-electron chi connectivity index (χ4n) is 2.84. The van der Waals surface area contributed by atoms with E-state index in [2.05, 4.69) is 0 Å². The Morgan fingerprint density at radius 1 is 1.21 bits per heavy atom. The zero-order chi connectivity index (χ0) is 18.5. The minimum absolute atomic E-state index is 0.0433. The molecule has 1 fully saturated rings. The minimum Gasteiger partial charge on any atom is -0.450 e. The summed E-state index contributed by atoms with van der Waals surface area (Å²) >= 11 is 0. The van der Waals surface area contributed by atoms with Gasteiger partial charge in [-0.25, -0.2) is 9.59 Å². The lowest BCUT2D eigenvalue weighted by Gasteiger charge is -2.44. The average Bonchev–Trinajstić information content (AvgIpc) is 2.52. The molecule has 1 heterocycles. The normalized spacial score (nSPS) is 18.5. The van der Waals surface area contributed by atoms with E-state index in [1.165, 1.54) is 4.90 Å². The van der Waals surface area contributed by atoms with E-state index < -0.39 is 17.2 Å². The van der Waals surface area contributed by atoms with E-state index >= 15 is 0 Å². The van der Waals surface area contributed by atoms with Gasteiger partial charge in [0.05, 0.1) is 6.61 Å². The van der Waals surface area contributed by atoms with Gasteiger partial charge in [0, 0.05) is 20.1 Å². The fourth-order valence-corrected chi connectivity index (χ4v) is 2.84. The maximum absolute atomic E-state index is 12.3. The first-order valence-electron chi connectivity index (χ1n) is 8.40. The van der Waals surface area contributed by atoms with Crippen molar-refractivity contribution in [3.05, 3.63) is 0 Å². The Kier molecular flexibility index (Phi) is 6.63. The molecule has 1 atom stereocenters. The van der Waals surface area contributed by atoms with E-state index in [9.17, 15) is 14.4 Å². The average molecular weight is 342 g/mol. The first-order chi connectivity index (χ1) is 11.0. The highest BCUT2D eigenvalue weighted by Gasteiger charge is 2.43. The summed E-state index contributed by atoms with van der Waals surface area (Å²) in [5.41, 5.74) is -1.59. The second-order valence-corrected chi connectivity index (χ2v) is 7.34. The number of carbonyl (C=O) groups is 3. The number of hydrogen-bond acceptors (Lipinski definition) is 5. The lowest BCUT2D eigenvalue weighted by molar-refractivity contribution is -0.121. The number of likely N-dealkylation sites (N-methyl/N-ethyl adjacent to an activating group) is 1. The molecular formula is C17H30N2O5. The number of ether oxygens (including phenoxy) is 2. The van der Waals surface area contributed by atoms with Crippen LogP contribution in [0, 0.1) is 5.92 Å². The van der Waals surface area contributed by atoms with Crippen molar-refractivity contribution in [1.82, 2.24) is 9.80 Å². The van der Waals surface area contributed by atoms with Crippen LogP contribution >= 0.6 is 0 Å². The van der Waals surface area contributed by atoms with Crippen LogP contribution in [0.1, 0.15) is 47.5 Å². The van der Waals surface area contributed by atoms with Crippen LogP contribution in [0.3, 0.4) is 0 Å². The van der Waals surface area contributed by atoms with Crippen LogP contribution in [0.2, 0.25) is 0 Å². The molecule has 1 saturated heterocycles. The first-order valence-corrected chi connectivity index (χ1v) is 8.40. The van der Waals surface area contributed by atoms with Crippen molar-refractivity contribution in [1.29, 1.82) is 0 Å². The monoisotopic (exact) mass is 342 g/mol. The lowest BCUT2D eigenvalue weighted by Crippen LogP contribution is -2.57. The van der Waals surface area contributed by atoms with Gasteiger partial charge in [0.1, 0.15) is 17.4 Å². The van der Waals surface area contributed by atoms with Gasteiger partial charge >= 0.3 is 12.2 Å². The molecule has 0 aromatic rings. The maximum Gasteiger partial charge on any atom is 0.410 e. The first kappa shape index (κ1) is 20.3. The molecule has 1 rings (SSSR count). The summed E-state index contributed by atoms with van der Waals surface area (Å²) in [4.78, 5) is 38.9. The zero-order valence-corrected chi connectivity index (χ0v) is 15.6. The van der Waals surface area contributed by atoms with Crippen molar-refractivity contribution in [3.63, 3.8) is 0 Å². The molecule has 7 heteroatoms. The molecule has 0 bridgehead atoms. The molecule has 2 amide bonds. The summed E-state index contributed by atoms with van der Waals surface area (Å²) in [5, 5.41) is 0. The second kappa shape index (κ2) is 7.85. The molecule has 1 unspecified atom stereocenters. The molecule has 0 N–H and O–H groups in total. The van der Waals surface area contributed by atoms with Crippen molar-refractivity contribution in [2.45, 2.75) is 58.6 Å². The summed E-state index contributed by atoms with van der Waals surface area (Å²) in [6.45, 7) is 10.2. The molecule has 0 aromatic heterocycles. The van der Waals surface area contributed by atoms with Gasteiger partial charge in [-0.15, -0.1) is 0 Å². The molecular weight excluding hydrogens is 312 g/mol. The van der Waals surface area contributed by atoms with Crippen LogP contribution in [-0.2, 0) is 14.3 Å². The smallest absolute Gasteiger partial charge is 0.410 e. The number of piperidine rings is 1. The van der Waals surface area contributed by atoms with Crippen LogP contribution in [0.5, 0.6) is 0 Å². The topological polar surface area (TPSA) is 76.2 Å². The van der Waals surface area contributed by atoms with E-state index in [0.717, 1.165) is 6.29 Å². The summed E-state index contributed by atoms with van der Waals surface area (Å²) in [6, 6.07) is 0. The summed E-state index contributed by atoms with van der Waals surface area (Å²) < 4.78 is 10.4. The van der Waals surface area contributed by atoms with Crippen LogP contribution in [-0.4, -0.2) is 66.2 Å². The number of likely N-dealkylation sites (tertiary alicyclic amines) is 1. The second-order valence-electron chi connectivity index (χ2n) is 7.34. The number of nitrogens with zero attached hydrogens (tertiary/aromatic N) is 2. The van der Waals surface area contributed by atoms with Crippen LogP contribution in [0.25, 0.3) is 0 Å². The third kappa shape index (κ3) is 4.85. The van der Waals surface area contributed by atoms with E-state index in [-0.39, 0.29) is 12.0 Å². The maximum atomic E-state index is 12.3. The summed E-state index contributed by atoms with van der Waals surface area (Å²) in [5.74, 6) is -0.0433. The van der Waals surface area contributed by atoms with Gasteiger partial charge in [-0.05, 0) is 53.4 Å². The van der Waals surface area contributed by atoms with Gasteiger partial charge < -0.3 is 19.2 Å².